The summed E-state index contributed by atoms with van der Waals surface area (Å²) in [5.74, 6) is 0.837. The molecule has 2 rings (SSSR count). The third kappa shape index (κ3) is 5.10. The van der Waals surface area contributed by atoms with Crippen LogP contribution in [0.3, 0.4) is 0 Å². The van der Waals surface area contributed by atoms with Crippen LogP contribution in [0.2, 0.25) is 0 Å². The predicted molar refractivity (Wildman–Crippen MR) is 93.2 cm³/mol. The average molecular weight is 345 g/mol. The van der Waals surface area contributed by atoms with Crippen molar-refractivity contribution in [3.8, 4) is 0 Å². The molecule has 3 atom stereocenters. The minimum Gasteiger partial charge on any atom is -0.337 e. The quantitative estimate of drug-likeness (QED) is 0.834. The highest BCUT2D eigenvalue weighted by molar-refractivity contribution is 7.90. The molecule has 2 fully saturated rings. The molecule has 5 nitrogen and oxygen atoms in total. The van der Waals surface area contributed by atoms with Gasteiger partial charge in [-0.1, -0.05) is 26.7 Å². The summed E-state index contributed by atoms with van der Waals surface area (Å²) >= 11 is 0. The summed E-state index contributed by atoms with van der Waals surface area (Å²) in [5.41, 5.74) is -0.215. The van der Waals surface area contributed by atoms with Crippen molar-refractivity contribution in [2.75, 3.05) is 18.6 Å². The van der Waals surface area contributed by atoms with Crippen LogP contribution in [-0.4, -0.2) is 50.0 Å². The second-order valence-corrected chi connectivity index (χ2v) is 10.6. The van der Waals surface area contributed by atoms with E-state index in [2.05, 4.69) is 17.1 Å². The summed E-state index contributed by atoms with van der Waals surface area (Å²) in [6.45, 7) is 6.68. The zero-order valence-electron chi connectivity index (χ0n) is 15.0. The zero-order chi connectivity index (χ0) is 17.3. The fraction of sp³-hybridized carbons (Fsp3) is 0.941. The molecule has 0 aromatic carbocycles. The molecule has 134 valence electrons. The van der Waals surface area contributed by atoms with Gasteiger partial charge in [-0.3, -0.25) is 0 Å². The van der Waals surface area contributed by atoms with Crippen molar-refractivity contribution in [3.63, 3.8) is 0 Å². The summed E-state index contributed by atoms with van der Waals surface area (Å²) in [5, 5.41) is 3.06. The van der Waals surface area contributed by atoms with E-state index < -0.39 is 9.84 Å². The number of likely N-dealkylation sites (tertiary alicyclic amines) is 1. The molecule has 2 amide bonds. The van der Waals surface area contributed by atoms with E-state index in [1.807, 2.05) is 13.8 Å². The third-order valence-electron chi connectivity index (χ3n) is 5.45. The maximum Gasteiger partial charge on any atom is 0.317 e. The SMILES string of the molecule is C[C@@H]1C[C@@H]2CCCC[C@@H]2N1C(=O)NCC(C)(C)CCS(C)(=O)=O. The molecule has 0 bridgehead atoms. The summed E-state index contributed by atoms with van der Waals surface area (Å²) in [6, 6.07) is 0.736. The Morgan fingerprint density at radius 1 is 1.26 bits per heavy atom. The lowest BCUT2D eigenvalue weighted by Gasteiger charge is -2.34. The van der Waals surface area contributed by atoms with Gasteiger partial charge in [0, 0.05) is 24.9 Å². The summed E-state index contributed by atoms with van der Waals surface area (Å²) in [7, 11) is -2.96. The second-order valence-electron chi connectivity index (χ2n) is 8.31. The van der Waals surface area contributed by atoms with Crippen molar-refractivity contribution < 1.29 is 13.2 Å². The van der Waals surface area contributed by atoms with Gasteiger partial charge in [-0.25, -0.2) is 13.2 Å². The minimum atomic E-state index is -2.96. The Hall–Kier alpha value is -0.780. The highest BCUT2D eigenvalue weighted by Gasteiger charge is 2.42. The molecular formula is C17H32N2O3S. The standard InChI is InChI=1S/C17H32N2O3S/c1-13-11-14-7-5-6-8-15(14)19(13)16(20)18-12-17(2,3)9-10-23(4,21)22/h13-15H,5-12H2,1-4H3,(H,18,20)/t13-,14+,15+/m1/s1. The highest BCUT2D eigenvalue weighted by atomic mass is 32.2. The van der Waals surface area contributed by atoms with Gasteiger partial charge in [0.2, 0.25) is 0 Å². The third-order valence-corrected chi connectivity index (χ3v) is 6.39. The number of rotatable bonds is 5. The van der Waals surface area contributed by atoms with Crippen molar-refractivity contribution in [1.29, 1.82) is 0 Å². The number of fused-ring (bicyclic) bond motifs is 1. The summed E-state index contributed by atoms with van der Waals surface area (Å²) in [6.07, 6.45) is 7.83. The van der Waals surface area contributed by atoms with Gasteiger partial charge in [-0.15, -0.1) is 0 Å². The number of hydrogen-bond acceptors (Lipinski definition) is 3. The summed E-state index contributed by atoms with van der Waals surface area (Å²) < 4.78 is 22.7. The van der Waals surface area contributed by atoms with Crippen LogP contribution in [0.25, 0.3) is 0 Å². The molecule has 1 aliphatic carbocycles. The van der Waals surface area contributed by atoms with Crippen LogP contribution < -0.4 is 5.32 Å². The van der Waals surface area contributed by atoms with Crippen LogP contribution in [0.15, 0.2) is 0 Å². The lowest BCUT2D eigenvalue weighted by molar-refractivity contribution is 0.152. The van der Waals surface area contributed by atoms with Gasteiger partial charge >= 0.3 is 6.03 Å². The summed E-state index contributed by atoms with van der Waals surface area (Å²) in [4.78, 5) is 14.7. The van der Waals surface area contributed by atoms with Crippen molar-refractivity contribution in [3.05, 3.63) is 0 Å². The molecule has 1 heterocycles. The fourth-order valence-corrected chi connectivity index (χ4v) is 4.94. The van der Waals surface area contributed by atoms with E-state index in [-0.39, 0.29) is 17.2 Å². The van der Waals surface area contributed by atoms with Crippen molar-refractivity contribution in [1.82, 2.24) is 10.2 Å². The molecule has 23 heavy (non-hydrogen) atoms. The molecule has 0 aromatic rings. The maximum atomic E-state index is 12.7. The number of urea groups is 1. The van der Waals surface area contributed by atoms with Gasteiger partial charge in [-0.2, -0.15) is 0 Å². The molecule has 0 aromatic heterocycles. The van der Waals surface area contributed by atoms with E-state index in [0.29, 0.717) is 31.0 Å². The monoisotopic (exact) mass is 344 g/mol. The Bertz CT molecular complexity index is 530. The smallest absolute Gasteiger partial charge is 0.317 e. The van der Waals surface area contributed by atoms with Crippen molar-refractivity contribution in [2.24, 2.45) is 11.3 Å². The average Bonchev–Trinajstić information content (AvgIpc) is 2.78. The van der Waals surface area contributed by atoms with E-state index in [9.17, 15) is 13.2 Å². The topological polar surface area (TPSA) is 66.5 Å². The predicted octanol–water partition coefficient (Wildman–Crippen LogP) is 2.81. The van der Waals surface area contributed by atoms with Crippen LogP contribution >= 0.6 is 0 Å². The van der Waals surface area contributed by atoms with Crippen LogP contribution in [-0.2, 0) is 9.84 Å². The van der Waals surface area contributed by atoms with Crippen LogP contribution in [0, 0.1) is 11.3 Å². The number of hydrogen-bond donors (Lipinski definition) is 1. The Labute approximate surface area is 141 Å². The molecular weight excluding hydrogens is 312 g/mol. The highest BCUT2D eigenvalue weighted by Crippen LogP contribution is 2.39. The first kappa shape index (κ1) is 18.6. The molecule has 1 N–H and O–H groups in total. The van der Waals surface area contributed by atoms with E-state index in [1.165, 1.54) is 25.5 Å². The van der Waals surface area contributed by atoms with Crippen molar-refractivity contribution >= 4 is 15.9 Å². The number of carbonyl (C=O) groups excluding carboxylic acids is 1. The molecule has 0 unspecified atom stereocenters. The molecule has 0 spiro atoms. The first-order valence-corrected chi connectivity index (χ1v) is 10.9. The minimum absolute atomic E-state index is 0.0272. The van der Waals surface area contributed by atoms with Gasteiger partial charge in [0.15, 0.2) is 0 Å². The van der Waals surface area contributed by atoms with E-state index in [0.717, 1.165) is 12.8 Å². The van der Waals surface area contributed by atoms with Gasteiger partial charge in [0.25, 0.3) is 0 Å². The van der Waals surface area contributed by atoms with Gasteiger partial charge in [0.05, 0.1) is 5.75 Å². The Balaban J connectivity index is 1.88. The van der Waals surface area contributed by atoms with Crippen LogP contribution in [0.4, 0.5) is 4.79 Å². The molecule has 0 radical (unpaired) electrons. The van der Waals surface area contributed by atoms with E-state index >= 15 is 0 Å². The van der Waals surface area contributed by atoms with E-state index in [4.69, 9.17) is 0 Å². The largest absolute Gasteiger partial charge is 0.337 e. The maximum absolute atomic E-state index is 12.7. The van der Waals surface area contributed by atoms with Crippen LogP contribution in [0.1, 0.15) is 59.3 Å². The molecule has 2 aliphatic rings. The lowest BCUT2D eigenvalue weighted by atomic mass is 9.85. The molecule has 1 saturated heterocycles. The Morgan fingerprint density at radius 2 is 1.91 bits per heavy atom. The molecule has 1 aliphatic heterocycles. The number of sulfone groups is 1. The van der Waals surface area contributed by atoms with Crippen molar-refractivity contribution in [2.45, 2.75) is 71.4 Å². The Kier molecular flexibility index (Phi) is 5.64. The second kappa shape index (κ2) is 6.99. The van der Waals surface area contributed by atoms with E-state index in [1.54, 1.807) is 0 Å². The van der Waals surface area contributed by atoms with Gasteiger partial charge in [-0.05, 0) is 43.9 Å². The number of nitrogens with zero attached hydrogens (tertiary/aromatic N) is 1. The number of nitrogens with one attached hydrogen (secondary N) is 1. The first-order chi connectivity index (χ1) is 10.6. The van der Waals surface area contributed by atoms with Gasteiger partial charge < -0.3 is 10.2 Å². The molecule has 1 saturated carbocycles. The Morgan fingerprint density at radius 3 is 2.57 bits per heavy atom. The molecule has 6 heteroatoms. The van der Waals surface area contributed by atoms with Gasteiger partial charge in [0.1, 0.15) is 9.84 Å². The fourth-order valence-electron chi connectivity index (χ4n) is 4.01. The lowest BCUT2D eigenvalue weighted by Crippen LogP contribution is -2.49. The normalized spacial score (nSPS) is 28.5. The number of carbonyl (C=O) groups is 1. The zero-order valence-corrected chi connectivity index (χ0v) is 15.8. The number of amides is 2. The van der Waals surface area contributed by atoms with Crippen LogP contribution in [0.5, 0.6) is 0 Å². The first-order valence-electron chi connectivity index (χ1n) is 8.83.